The molecule has 3 aromatic carbocycles. The normalized spacial score (nSPS) is 11.4. The number of nitrogens with one attached hydrogen (secondary N) is 1. The quantitative estimate of drug-likeness (QED) is 0.375. The molecule has 0 radical (unpaired) electrons. The Bertz CT molecular complexity index is 1150. The van der Waals surface area contributed by atoms with Gasteiger partial charge in [0.15, 0.2) is 0 Å². The zero-order valence-corrected chi connectivity index (χ0v) is 20.7. The molecule has 0 aliphatic carbocycles. The molecule has 0 unspecified atom stereocenters. The Kier molecular flexibility index (Phi) is 11.6. The number of ether oxygens (including phenoxy) is 1. The van der Waals surface area contributed by atoms with Gasteiger partial charge < -0.3 is 15.2 Å². The molecule has 3 rings (SSSR count). The number of benzene rings is 3. The Morgan fingerprint density at radius 2 is 1.66 bits per heavy atom. The van der Waals surface area contributed by atoms with Crippen LogP contribution in [-0.4, -0.2) is 53.9 Å². The minimum atomic E-state index is -1.03. The Labute approximate surface area is 223 Å². The number of amides is 1. The van der Waals surface area contributed by atoms with Gasteiger partial charge in [0.1, 0.15) is 6.04 Å². The summed E-state index contributed by atoms with van der Waals surface area (Å²) < 4.78 is 5.94. The molecule has 0 bridgehead atoms. The van der Waals surface area contributed by atoms with Crippen LogP contribution in [0.4, 0.5) is 0 Å². The third-order valence-electron chi connectivity index (χ3n) is 5.60. The van der Waals surface area contributed by atoms with Crippen LogP contribution in [0.15, 0.2) is 66.7 Å². The van der Waals surface area contributed by atoms with Crippen LogP contribution in [-0.2, 0) is 22.7 Å². The van der Waals surface area contributed by atoms with Crippen LogP contribution in [0.1, 0.15) is 39.0 Å². The van der Waals surface area contributed by atoms with Crippen molar-refractivity contribution in [1.82, 2.24) is 5.32 Å². The Hall–Kier alpha value is -2.49. The van der Waals surface area contributed by atoms with E-state index in [-0.39, 0.29) is 24.8 Å². The van der Waals surface area contributed by atoms with Crippen LogP contribution in [0.3, 0.4) is 0 Å². The predicted molar refractivity (Wildman–Crippen MR) is 145 cm³/mol. The van der Waals surface area contributed by atoms with E-state index in [2.05, 4.69) is 24.4 Å². The molecule has 1 amide bonds. The van der Waals surface area contributed by atoms with E-state index in [9.17, 15) is 14.7 Å². The third kappa shape index (κ3) is 8.30. The fourth-order valence-electron chi connectivity index (χ4n) is 3.79. The zero-order chi connectivity index (χ0) is 24.5. The Morgan fingerprint density at radius 3 is 2.31 bits per heavy atom. The number of aryl methyl sites for hydroxylation is 2. The van der Waals surface area contributed by atoms with Gasteiger partial charge in [-0.25, -0.2) is 4.79 Å². The summed E-state index contributed by atoms with van der Waals surface area (Å²) in [7, 11) is 0. The van der Waals surface area contributed by atoms with Crippen LogP contribution >= 0.6 is 11.8 Å². The Balaban J connectivity index is 0.00000432. The second-order valence-electron chi connectivity index (χ2n) is 8.32. The van der Waals surface area contributed by atoms with Crippen molar-refractivity contribution in [2.45, 2.75) is 39.5 Å². The molecule has 0 saturated carbocycles. The van der Waals surface area contributed by atoms with Crippen LogP contribution in [0, 0.1) is 13.8 Å². The molecule has 0 saturated heterocycles. The topological polar surface area (TPSA) is 75.6 Å². The van der Waals surface area contributed by atoms with Gasteiger partial charge in [-0.3, -0.25) is 4.79 Å². The molecule has 3 aromatic rings. The first-order valence-corrected chi connectivity index (χ1v) is 12.6. The fraction of sp³-hybridized carbons (Fsp3) is 0.286. The predicted octanol–water partition coefficient (Wildman–Crippen LogP) is 4.97. The van der Waals surface area contributed by atoms with Crippen molar-refractivity contribution in [2.75, 3.05) is 12.0 Å². The molecule has 1 atom stereocenters. The number of rotatable bonds is 11. The first-order valence-electron chi connectivity index (χ1n) is 11.2. The summed E-state index contributed by atoms with van der Waals surface area (Å²) in [6.07, 6.45) is 2.28. The standard InChI is InChI=1S/C28H31NO4S.Li.H/c1-19-7-6-9-21(15-19)17-33-18-22-11-12-24(25(16-22)23-10-5-4-8-20(23)2)27(30)29-26(28(31)32)13-14-34-3;;/h4-12,15-16,26H,13-14,17-18H2,1-3H3,(H,29,30)(H,31,32);;/t26-;;/m0../s1. The summed E-state index contributed by atoms with van der Waals surface area (Å²) >= 11 is 1.55. The summed E-state index contributed by atoms with van der Waals surface area (Å²) in [5.41, 5.74) is 6.43. The molecular formula is C28H32LiNO4S. The van der Waals surface area contributed by atoms with Gasteiger partial charge in [-0.1, -0.05) is 60.2 Å². The van der Waals surface area contributed by atoms with Gasteiger partial charge in [0.25, 0.3) is 5.91 Å². The number of hydrogen-bond donors (Lipinski definition) is 2. The molecular weight excluding hydrogens is 453 g/mol. The minimum absolute atomic E-state index is 0. The number of carbonyl (C=O) groups excluding carboxylic acids is 1. The number of thioether (sulfide) groups is 1. The second kappa shape index (κ2) is 14.2. The molecule has 5 nitrogen and oxygen atoms in total. The molecule has 0 aliphatic rings. The van der Waals surface area contributed by atoms with Gasteiger partial charge >= 0.3 is 24.8 Å². The van der Waals surface area contributed by atoms with Crippen LogP contribution < -0.4 is 5.32 Å². The van der Waals surface area contributed by atoms with E-state index >= 15 is 0 Å². The molecule has 35 heavy (non-hydrogen) atoms. The summed E-state index contributed by atoms with van der Waals surface area (Å²) in [6.45, 7) is 4.95. The summed E-state index contributed by atoms with van der Waals surface area (Å²) in [5.74, 6) is -0.765. The first-order chi connectivity index (χ1) is 16.4. The van der Waals surface area contributed by atoms with Gasteiger partial charge in [-0.2, -0.15) is 11.8 Å². The van der Waals surface area contributed by atoms with Crippen molar-refractivity contribution < 1.29 is 19.4 Å². The molecule has 2 N–H and O–H groups in total. The van der Waals surface area contributed by atoms with Gasteiger partial charge in [-0.15, -0.1) is 0 Å². The van der Waals surface area contributed by atoms with Gasteiger partial charge in [-0.05, 0) is 72.2 Å². The third-order valence-corrected chi connectivity index (χ3v) is 6.24. The van der Waals surface area contributed by atoms with E-state index in [0.29, 0.717) is 31.0 Å². The average Bonchev–Trinajstić information content (AvgIpc) is 2.82. The monoisotopic (exact) mass is 485 g/mol. The van der Waals surface area contributed by atoms with E-state index in [1.54, 1.807) is 17.8 Å². The van der Waals surface area contributed by atoms with Crippen molar-refractivity contribution >= 4 is 42.5 Å². The van der Waals surface area contributed by atoms with Crippen molar-refractivity contribution in [1.29, 1.82) is 0 Å². The zero-order valence-electron chi connectivity index (χ0n) is 19.8. The summed E-state index contributed by atoms with van der Waals surface area (Å²) in [4.78, 5) is 24.8. The summed E-state index contributed by atoms with van der Waals surface area (Å²) in [6, 6.07) is 20.7. The molecule has 180 valence electrons. The number of carbonyl (C=O) groups is 2. The maximum atomic E-state index is 13.2. The van der Waals surface area contributed by atoms with Gasteiger partial charge in [0, 0.05) is 5.56 Å². The molecule has 0 spiro atoms. The maximum absolute atomic E-state index is 13.2. The second-order valence-corrected chi connectivity index (χ2v) is 9.31. The van der Waals surface area contributed by atoms with E-state index in [0.717, 1.165) is 27.8 Å². The van der Waals surface area contributed by atoms with Crippen LogP contribution in [0.25, 0.3) is 11.1 Å². The first kappa shape index (κ1) is 28.7. The SMILES string of the molecule is CSCC[C@H](NC(=O)c1ccc(COCc2cccc(C)c2)cc1-c1ccccc1C)C(=O)O.[LiH]. The number of aliphatic carboxylic acids is 1. The van der Waals surface area contributed by atoms with Crippen LogP contribution in [0.2, 0.25) is 0 Å². The molecule has 0 fully saturated rings. The van der Waals surface area contributed by atoms with Crippen molar-refractivity contribution in [3.8, 4) is 11.1 Å². The molecule has 7 heteroatoms. The average molecular weight is 486 g/mol. The van der Waals surface area contributed by atoms with Gasteiger partial charge in [0.05, 0.1) is 13.2 Å². The van der Waals surface area contributed by atoms with E-state index in [4.69, 9.17) is 4.74 Å². The molecule has 0 heterocycles. The number of carboxylic acids is 1. The van der Waals surface area contributed by atoms with Crippen molar-refractivity contribution in [2.24, 2.45) is 0 Å². The van der Waals surface area contributed by atoms with E-state index in [1.165, 1.54) is 5.56 Å². The fourth-order valence-corrected chi connectivity index (χ4v) is 4.27. The number of hydrogen-bond acceptors (Lipinski definition) is 4. The molecule has 0 aromatic heterocycles. The van der Waals surface area contributed by atoms with E-state index in [1.807, 2.05) is 61.7 Å². The number of carboxylic acid groups (broad SMARTS) is 1. The van der Waals surface area contributed by atoms with Crippen molar-refractivity contribution in [3.05, 3.63) is 94.5 Å². The van der Waals surface area contributed by atoms with Gasteiger partial charge in [0.2, 0.25) is 0 Å². The van der Waals surface area contributed by atoms with Crippen LogP contribution in [0.5, 0.6) is 0 Å². The summed E-state index contributed by atoms with van der Waals surface area (Å²) in [5, 5.41) is 12.2. The molecule has 0 aliphatic heterocycles. The van der Waals surface area contributed by atoms with Crippen molar-refractivity contribution in [3.63, 3.8) is 0 Å². The van der Waals surface area contributed by atoms with E-state index < -0.39 is 12.0 Å². The Morgan fingerprint density at radius 1 is 0.943 bits per heavy atom.